The van der Waals surface area contributed by atoms with Crippen molar-refractivity contribution in [3.63, 3.8) is 0 Å². The molecular weight excluding hydrogens is 280 g/mol. The van der Waals surface area contributed by atoms with Crippen molar-refractivity contribution in [2.24, 2.45) is 0 Å². The first-order valence-corrected chi connectivity index (χ1v) is 7.94. The van der Waals surface area contributed by atoms with Crippen LogP contribution in [-0.4, -0.2) is 47.1 Å². The van der Waals surface area contributed by atoms with Crippen molar-refractivity contribution < 1.29 is 14.7 Å². The summed E-state index contributed by atoms with van der Waals surface area (Å²) in [7, 11) is 0. The molecule has 22 heavy (non-hydrogen) atoms. The van der Waals surface area contributed by atoms with Crippen LogP contribution in [-0.2, 0) is 16.0 Å². The fraction of sp³-hybridized carbons (Fsp3) is 0.529. The summed E-state index contributed by atoms with van der Waals surface area (Å²) in [4.78, 5) is 27.7. The van der Waals surface area contributed by atoms with Gasteiger partial charge in [0, 0.05) is 24.8 Å². The number of para-hydroxylation sites is 1. The van der Waals surface area contributed by atoms with Crippen LogP contribution >= 0.6 is 0 Å². The molecule has 1 N–H and O–H groups in total. The predicted octanol–water partition coefficient (Wildman–Crippen LogP) is 1.90. The number of anilines is 1. The molecule has 2 unspecified atom stereocenters. The molecule has 0 aromatic heterocycles. The van der Waals surface area contributed by atoms with Crippen LogP contribution in [0.5, 0.6) is 0 Å². The first kappa shape index (κ1) is 14.9. The lowest BCUT2D eigenvalue weighted by molar-refractivity contribution is -0.140. The van der Waals surface area contributed by atoms with E-state index in [1.54, 1.807) is 4.90 Å². The number of aliphatic carboxylic acids is 1. The van der Waals surface area contributed by atoms with E-state index in [4.69, 9.17) is 5.11 Å². The molecule has 2 aliphatic heterocycles. The van der Waals surface area contributed by atoms with Gasteiger partial charge in [-0.25, -0.2) is 0 Å². The van der Waals surface area contributed by atoms with E-state index in [2.05, 4.69) is 17.0 Å². The highest BCUT2D eigenvalue weighted by Gasteiger charge is 2.36. The number of likely N-dealkylation sites (tertiary alicyclic amines) is 1. The maximum atomic E-state index is 12.8. The molecule has 1 saturated heterocycles. The minimum Gasteiger partial charge on any atom is -0.481 e. The standard InChI is InChI=1S/C17H22N2O3/c1-12(18-10-8-13-5-2-3-7-15(13)18)17(22)19-9-4-6-14(19)11-16(20)21/h2-3,5,7,12,14H,4,6,8-11H2,1H3,(H,20,21). The van der Waals surface area contributed by atoms with Gasteiger partial charge in [0.1, 0.15) is 6.04 Å². The molecule has 1 fully saturated rings. The van der Waals surface area contributed by atoms with E-state index in [1.807, 2.05) is 19.1 Å². The number of carbonyl (C=O) groups is 2. The topological polar surface area (TPSA) is 60.9 Å². The molecule has 2 heterocycles. The molecule has 1 amide bonds. The highest BCUT2D eigenvalue weighted by Crippen LogP contribution is 2.31. The summed E-state index contributed by atoms with van der Waals surface area (Å²) in [6.45, 7) is 3.46. The van der Waals surface area contributed by atoms with Crippen LogP contribution in [0.1, 0.15) is 31.7 Å². The van der Waals surface area contributed by atoms with E-state index < -0.39 is 5.97 Å². The van der Waals surface area contributed by atoms with Gasteiger partial charge in [-0.3, -0.25) is 9.59 Å². The summed E-state index contributed by atoms with van der Waals surface area (Å²) < 4.78 is 0. The first-order chi connectivity index (χ1) is 10.6. The van der Waals surface area contributed by atoms with Crippen molar-refractivity contribution in [3.05, 3.63) is 29.8 Å². The van der Waals surface area contributed by atoms with Crippen LogP contribution in [0.15, 0.2) is 24.3 Å². The predicted molar refractivity (Wildman–Crippen MR) is 83.9 cm³/mol. The summed E-state index contributed by atoms with van der Waals surface area (Å²) in [5.74, 6) is -0.774. The van der Waals surface area contributed by atoms with Crippen LogP contribution in [0.25, 0.3) is 0 Å². The second-order valence-electron chi connectivity index (χ2n) is 6.17. The van der Waals surface area contributed by atoms with Gasteiger partial charge in [-0.1, -0.05) is 18.2 Å². The van der Waals surface area contributed by atoms with Gasteiger partial charge in [0.15, 0.2) is 0 Å². The van der Waals surface area contributed by atoms with Crippen molar-refractivity contribution >= 4 is 17.6 Å². The minimum absolute atomic E-state index is 0.0506. The lowest BCUT2D eigenvalue weighted by atomic mass is 10.1. The van der Waals surface area contributed by atoms with Crippen molar-refractivity contribution in [2.75, 3.05) is 18.0 Å². The Bertz CT molecular complexity index is 587. The quantitative estimate of drug-likeness (QED) is 0.923. The molecule has 5 nitrogen and oxygen atoms in total. The Kier molecular flexibility index (Phi) is 4.05. The van der Waals surface area contributed by atoms with Crippen LogP contribution in [0, 0.1) is 0 Å². The molecule has 0 saturated carbocycles. The van der Waals surface area contributed by atoms with Gasteiger partial charge in [-0.05, 0) is 37.8 Å². The van der Waals surface area contributed by atoms with Gasteiger partial charge in [0.05, 0.1) is 6.42 Å². The molecule has 0 aliphatic carbocycles. The van der Waals surface area contributed by atoms with E-state index in [0.717, 1.165) is 31.5 Å². The van der Waals surface area contributed by atoms with Gasteiger partial charge >= 0.3 is 5.97 Å². The zero-order valence-electron chi connectivity index (χ0n) is 12.9. The molecule has 118 valence electrons. The number of rotatable bonds is 4. The van der Waals surface area contributed by atoms with Gasteiger partial charge in [-0.2, -0.15) is 0 Å². The average Bonchev–Trinajstić information content (AvgIpc) is 3.11. The minimum atomic E-state index is -0.830. The highest BCUT2D eigenvalue weighted by atomic mass is 16.4. The normalized spacial score (nSPS) is 21.8. The number of benzene rings is 1. The highest BCUT2D eigenvalue weighted by molar-refractivity contribution is 5.86. The summed E-state index contributed by atoms with van der Waals surface area (Å²) in [6, 6.07) is 7.80. The third-order valence-corrected chi connectivity index (χ3v) is 4.82. The molecular formula is C17H22N2O3. The number of hydrogen-bond donors (Lipinski definition) is 1. The van der Waals surface area contributed by atoms with E-state index >= 15 is 0 Å². The Morgan fingerprint density at radius 3 is 2.86 bits per heavy atom. The molecule has 0 radical (unpaired) electrons. The van der Waals surface area contributed by atoms with Crippen molar-refractivity contribution in [3.8, 4) is 0 Å². The number of carboxylic acids is 1. The Morgan fingerprint density at radius 2 is 2.09 bits per heavy atom. The molecule has 1 aromatic rings. The molecule has 2 atom stereocenters. The van der Waals surface area contributed by atoms with Crippen molar-refractivity contribution in [1.82, 2.24) is 4.90 Å². The monoisotopic (exact) mass is 302 g/mol. The fourth-order valence-corrected chi connectivity index (χ4v) is 3.68. The van der Waals surface area contributed by atoms with Crippen molar-refractivity contribution in [2.45, 2.75) is 44.7 Å². The lowest BCUT2D eigenvalue weighted by Gasteiger charge is -2.32. The number of carboxylic acid groups (broad SMARTS) is 1. The number of nitrogens with zero attached hydrogens (tertiary/aromatic N) is 2. The zero-order valence-corrected chi connectivity index (χ0v) is 12.9. The van der Waals surface area contributed by atoms with Gasteiger partial charge in [0.25, 0.3) is 0 Å². The maximum Gasteiger partial charge on any atom is 0.305 e. The summed E-state index contributed by atoms with van der Waals surface area (Å²) in [5, 5.41) is 9.01. The summed E-state index contributed by atoms with van der Waals surface area (Å²) in [5.41, 5.74) is 2.42. The van der Waals surface area contributed by atoms with E-state index in [1.165, 1.54) is 5.56 Å². The number of carbonyl (C=O) groups excluding carboxylic acids is 1. The zero-order chi connectivity index (χ0) is 15.7. The lowest BCUT2D eigenvalue weighted by Crippen LogP contribution is -2.48. The third-order valence-electron chi connectivity index (χ3n) is 4.82. The Labute approximate surface area is 130 Å². The Morgan fingerprint density at radius 1 is 1.32 bits per heavy atom. The molecule has 1 aromatic carbocycles. The fourth-order valence-electron chi connectivity index (χ4n) is 3.68. The van der Waals surface area contributed by atoms with E-state index in [-0.39, 0.29) is 24.4 Å². The van der Waals surface area contributed by atoms with Gasteiger partial charge in [0.2, 0.25) is 5.91 Å². The molecule has 0 bridgehead atoms. The molecule has 0 spiro atoms. The number of amides is 1. The van der Waals surface area contributed by atoms with Gasteiger partial charge in [-0.15, -0.1) is 0 Å². The third kappa shape index (κ3) is 2.67. The molecule has 2 aliphatic rings. The first-order valence-electron chi connectivity index (χ1n) is 7.94. The number of fused-ring (bicyclic) bond motifs is 1. The molecule has 5 heteroatoms. The van der Waals surface area contributed by atoms with E-state index in [0.29, 0.717) is 6.54 Å². The number of hydrogen-bond acceptors (Lipinski definition) is 3. The summed E-state index contributed by atoms with van der Waals surface area (Å²) >= 11 is 0. The van der Waals surface area contributed by atoms with Crippen LogP contribution in [0.3, 0.4) is 0 Å². The van der Waals surface area contributed by atoms with Gasteiger partial charge < -0.3 is 14.9 Å². The Balaban J connectivity index is 1.74. The second-order valence-corrected chi connectivity index (χ2v) is 6.17. The van der Waals surface area contributed by atoms with Crippen LogP contribution < -0.4 is 4.90 Å². The summed E-state index contributed by atoms with van der Waals surface area (Å²) in [6.07, 6.45) is 2.70. The molecule has 3 rings (SSSR count). The smallest absolute Gasteiger partial charge is 0.305 e. The maximum absolute atomic E-state index is 12.8. The van der Waals surface area contributed by atoms with Crippen molar-refractivity contribution in [1.29, 1.82) is 0 Å². The Hall–Kier alpha value is -2.04. The largest absolute Gasteiger partial charge is 0.481 e. The average molecular weight is 302 g/mol. The van der Waals surface area contributed by atoms with Crippen LogP contribution in [0.2, 0.25) is 0 Å². The second kappa shape index (κ2) is 5.99. The SMILES string of the molecule is CC(C(=O)N1CCCC1CC(=O)O)N1CCc2ccccc21. The van der Waals surface area contributed by atoms with Crippen LogP contribution in [0.4, 0.5) is 5.69 Å². The van der Waals surface area contributed by atoms with E-state index in [9.17, 15) is 9.59 Å².